The number of piperidine rings is 1. The highest BCUT2D eigenvalue weighted by molar-refractivity contribution is 5.91. The van der Waals surface area contributed by atoms with Crippen molar-refractivity contribution in [1.29, 1.82) is 0 Å². The van der Waals surface area contributed by atoms with Gasteiger partial charge in [-0.05, 0) is 63.1 Å². The molecule has 0 N–H and O–H groups in total. The monoisotopic (exact) mass is 379 g/mol. The van der Waals surface area contributed by atoms with Crippen LogP contribution in [-0.2, 0) is 10.2 Å². The van der Waals surface area contributed by atoms with Gasteiger partial charge in [0.25, 0.3) is 0 Å². The molecule has 5 nitrogen and oxygen atoms in total. The molecule has 2 heterocycles. The van der Waals surface area contributed by atoms with Crippen LogP contribution in [0, 0.1) is 6.92 Å². The number of methoxy groups -OCH3 is 1. The fourth-order valence-corrected chi connectivity index (χ4v) is 4.90. The minimum absolute atomic E-state index is 0.308. The Kier molecular flexibility index (Phi) is 4.22. The molecular weight excluding hydrogens is 350 g/mol. The zero-order chi connectivity index (χ0) is 19.3. The predicted molar refractivity (Wildman–Crippen MR) is 108 cm³/mol. The summed E-state index contributed by atoms with van der Waals surface area (Å²) in [5.41, 5.74) is 2.06. The number of ether oxygens (including phenoxy) is 1. The minimum Gasteiger partial charge on any atom is -0.497 e. The molecule has 1 aromatic carbocycles. The maximum Gasteiger partial charge on any atom is 0.233 e. The summed E-state index contributed by atoms with van der Waals surface area (Å²) in [5, 5.41) is 0. The summed E-state index contributed by atoms with van der Waals surface area (Å²) in [7, 11) is 1.68. The van der Waals surface area contributed by atoms with Gasteiger partial charge in [-0.25, -0.2) is 4.98 Å². The molecule has 1 atom stereocenters. The molecule has 0 spiro atoms. The van der Waals surface area contributed by atoms with Gasteiger partial charge in [0.05, 0.1) is 18.6 Å². The van der Waals surface area contributed by atoms with Gasteiger partial charge in [0.15, 0.2) is 0 Å². The Bertz CT molecular complexity index is 878. The number of aryl methyl sites for hydroxylation is 1. The number of carbonyl (C=O) groups is 1. The molecule has 28 heavy (non-hydrogen) atoms. The number of amides is 1. The Morgan fingerprint density at radius 1 is 1.18 bits per heavy atom. The number of carbonyl (C=O) groups excluding carboxylic acids is 1. The largest absolute Gasteiger partial charge is 0.497 e. The molecule has 5 heteroatoms. The Morgan fingerprint density at radius 2 is 1.93 bits per heavy atom. The zero-order valence-corrected chi connectivity index (χ0v) is 16.9. The van der Waals surface area contributed by atoms with Gasteiger partial charge < -0.3 is 14.2 Å². The standard InChI is InChI=1S/C23H29N3O2/c1-16-14-24-21(17-5-6-17)26(16)19-4-3-13-25(15-19)22(27)23(11-12-23)18-7-9-20(28-2)10-8-18/h7-10,14,17,19H,3-6,11-13,15H2,1-2H3. The van der Waals surface area contributed by atoms with Crippen molar-refractivity contribution in [3.8, 4) is 5.75 Å². The summed E-state index contributed by atoms with van der Waals surface area (Å²) in [6.07, 6.45) is 8.63. The Morgan fingerprint density at radius 3 is 2.57 bits per heavy atom. The van der Waals surface area contributed by atoms with Gasteiger partial charge >= 0.3 is 0 Å². The molecule has 5 rings (SSSR count). The van der Waals surface area contributed by atoms with Crippen LogP contribution in [0.3, 0.4) is 0 Å². The van der Waals surface area contributed by atoms with E-state index in [4.69, 9.17) is 9.72 Å². The van der Waals surface area contributed by atoms with Crippen molar-refractivity contribution in [1.82, 2.24) is 14.5 Å². The molecular formula is C23H29N3O2. The van der Waals surface area contributed by atoms with Crippen molar-refractivity contribution in [2.45, 2.75) is 62.8 Å². The number of benzene rings is 1. The first-order valence-electron chi connectivity index (χ1n) is 10.6. The zero-order valence-electron chi connectivity index (χ0n) is 16.9. The first kappa shape index (κ1) is 17.8. The number of hydrogen-bond acceptors (Lipinski definition) is 3. The first-order chi connectivity index (χ1) is 13.6. The second kappa shape index (κ2) is 6.64. The Labute approximate surface area is 166 Å². The van der Waals surface area contributed by atoms with Crippen LogP contribution in [0.5, 0.6) is 5.75 Å². The third kappa shape index (κ3) is 2.92. The molecule has 3 aliphatic rings. The maximum atomic E-state index is 13.5. The molecule has 1 aliphatic heterocycles. The number of rotatable bonds is 5. The number of hydrogen-bond donors (Lipinski definition) is 0. The molecule has 0 radical (unpaired) electrons. The highest BCUT2D eigenvalue weighted by atomic mass is 16.5. The van der Waals surface area contributed by atoms with Crippen molar-refractivity contribution < 1.29 is 9.53 Å². The van der Waals surface area contributed by atoms with E-state index in [-0.39, 0.29) is 5.41 Å². The van der Waals surface area contributed by atoms with Crippen LogP contribution < -0.4 is 4.74 Å². The molecule has 148 valence electrons. The molecule has 0 bridgehead atoms. The van der Waals surface area contributed by atoms with Gasteiger partial charge in [-0.15, -0.1) is 0 Å². The average molecular weight is 380 g/mol. The quantitative estimate of drug-likeness (QED) is 0.790. The van der Waals surface area contributed by atoms with Crippen molar-refractivity contribution in [2.75, 3.05) is 20.2 Å². The lowest BCUT2D eigenvalue weighted by molar-refractivity contribution is -0.135. The van der Waals surface area contributed by atoms with E-state index in [1.54, 1.807) is 7.11 Å². The van der Waals surface area contributed by atoms with Gasteiger partial charge in [-0.2, -0.15) is 0 Å². The Hall–Kier alpha value is -2.30. The number of imidazole rings is 1. The minimum atomic E-state index is -0.308. The summed E-state index contributed by atoms with van der Waals surface area (Å²) in [6.45, 7) is 3.84. The number of aromatic nitrogens is 2. The van der Waals surface area contributed by atoms with E-state index in [9.17, 15) is 4.79 Å². The van der Waals surface area contributed by atoms with E-state index in [0.717, 1.165) is 50.1 Å². The summed E-state index contributed by atoms with van der Waals surface area (Å²) in [6, 6.07) is 8.44. The predicted octanol–water partition coefficient (Wildman–Crippen LogP) is 3.97. The highest BCUT2D eigenvalue weighted by Crippen LogP contribution is 2.50. The Balaban J connectivity index is 1.36. The van der Waals surface area contributed by atoms with Crippen molar-refractivity contribution >= 4 is 5.91 Å². The molecule has 1 amide bonds. The number of nitrogens with zero attached hydrogens (tertiary/aromatic N) is 3. The fraction of sp³-hybridized carbons (Fsp3) is 0.565. The van der Waals surface area contributed by atoms with E-state index in [0.29, 0.717) is 17.9 Å². The van der Waals surface area contributed by atoms with Crippen LogP contribution in [0.2, 0.25) is 0 Å². The van der Waals surface area contributed by atoms with Crippen molar-refractivity contribution in [3.05, 3.63) is 47.5 Å². The fourth-order valence-electron chi connectivity index (χ4n) is 4.90. The number of likely N-dealkylation sites (tertiary alicyclic amines) is 1. The van der Waals surface area contributed by atoms with Crippen molar-refractivity contribution in [2.24, 2.45) is 0 Å². The second-order valence-corrected chi connectivity index (χ2v) is 8.76. The molecule has 2 aliphatic carbocycles. The first-order valence-corrected chi connectivity index (χ1v) is 10.6. The van der Waals surface area contributed by atoms with E-state index < -0.39 is 0 Å². The third-order valence-corrected chi connectivity index (χ3v) is 6.80. The van der Waals surface area contributed by atoms with Crippen LogP contribution in [0.4, 0.5) is 0 Å². The van der Waals surface area contributed by atoms with Crippen LogP contribution in [0.1, 0.15) is 67.6 Å². The van der Waals surface area contributed by atoms with Crippen LogP contribution in [0.25, 0.3) is 0 Å². The van der Waals surface area contributed by atoms with Crippen LogP contribution in [0.15, 0.2) is 30.5 Å². The SMILES string of the molecule is COc1ccc(C2(C(=O)N3CCCC(n4c(C)cnc4C4CC4)C3)CC2)cc1. The summed E-state index contributed by atoms with van der Waals surface area (Å²) < 4.78 is 7.71. The van der Waals surface area contributed by atoms with E-state index in [2.05, 4.69) is 28.5 Å². The average Bonchev–Trinajstić information content (AvgIpc) is 3.66. The molecule has 2 aromatic rings. The van der Waals surface area contributed by atoms with Gasteiger partial charge in [-0.1, -0.05) is 12.1 Å². The van der Waals surface area contributed by atoms with Crippen LogP contribution >= 0.6 is 0 Å². The summed E-state index contributed by atoms with van der Waals surface area (Å²) >= 11 is 0. The topological polar surface area (TPSA) is 47.4 Å². The van der Waals surface area contributed by atoms with Crippen molar-refractivity contribution in [3.63, 3.8) is 0 Å². The lowest BCUT2D eigenvalue weighted by atomic mass is 9.92. The second-order valence-electron chi connectivity index (χ2n) is 8.76. The van der Waals surface area contributed by atoms with E-state index in [1.165, 1.54) is 24.4 Å². The smallest absolute Gasteiger partial charge is 0.233 e. The summed E-state index contributed by atoms with van der Waals surface area (Å²) in [5.74, 6) is 3.03. The lowest BCUT2D eigenvalue weighted by Gasteiger charge is -2.37. The van der Waals surface area contributed by atoms with Crippen LogP contribution in [-0.4, -0.2) is 40.6 Å². The highest BCUT2D eigenvalue weighted by Gasteiger charge is 2.53. The van der Waals surface area contributed by atoms with Gasteiger partial charge in [0.1, 0.15) is 11.6 Å². The third-order valence-electron chi connectivity index (χ3n) is 6.80. The normalized spacial score (nSPS) is 23.5. The summed E-state index contributed by atoms with van der Waals surface area (Å²) in [4.78, 5) is 20.4. The lowest BCUT2D eigenvalue weighted by Crippen LogP contribution is -2.45. The van der Waals surface area contributed by atoms with E-state index >= 15 is 0 Å². The molecule has 1 saturated heterocycles. The molecule has 2 saturated carbocycles. The van der Waals surface area contributed by atoms with E-state index in [1.807, 2.05) is 18.3 Å². The van der Waals surface area contributed by atoms with Gasteiger partial charge in [0, 0.05) is 30.9 Å². The molecule has 1 unspecified atom stereocenters. The maximum absolute atomic E-state index is 13.5. The van der Waals surface area contributed by atoms with Gasteiger partial charge in [0.2, 0.25) is 5.91 Å². The molecule has 3 fully saturated rings. The van der Waals surface area contributed by atoms with Gasteiger partial charge in [-0.3, -0.25) is 4.79 Å². The molecule has 1 aromatic heterocycles.